The zero-order valence-corrected chi connectivity index (χ0v) is 17.0. The maximum atomic E-state index is 5.63. The van der Waals surface area contributed by atoms with Gasteiger partial charge in [0.2, 0.25) is 0 Å². The summed E-state index contributed by atoms with van der Waals surface area (Å²) in [7, 11) is 0. The summed E-state index contributed by atoms with van der Waals surface area (Å²) in [5.41, 5.74) is 2.35. The van der Waals surface area contributed by atoms with Crippen molar-refractivity contribution in [2.24, 2.45) is 0 Å². The number of nitrogens with zero attached hydrogens (tertiary/aromatic N) is 4. The minimum Gasteiger partial charge on any atom is -0.376 e. The standard InChI is InChI=1S/C22H26N4OS/c1-18-17-25(12-14-27-18)13-15-28-22-24-23-21(16-19-8-4-2-5-9-19)26(22)20-10-6-3-7-11-20/h2-11,18H,12-17H2,1H3/t18-/m1/s1. The molecule has 0 radical (unpaired) electrons. The Labute approximate surface area is 170 Å². The first-order chi connectivity index (χ1) is 13.8. The van der Waals surface area contributed by atoms with Crippen LogP contribution < -0.4 is 0 Å². The van der Waals surface area contributed by atoms with E-state index in [1.807, 2.05) is 12.1 Å². The third-order valence-corrected chi connectivity index (χ3v) is 5.79. The molecule has 0 bridgehead atoms. The molecular formula is C22H26N4OS. The zero-order valence-electron chi connectivity index (χ0n) is 16.2. The van der Waals surface area contributed by atoms with Crippen LogP contribution in [0.4, 0.5) is 0 Å². The largest absolute Gasteiger partial charge is 0.376 e. The van der Waals surface area contributed by atoms with Gasteiger partial charge in [0.15, 0.2) is 5.16 Å². The molecule has 4 rings (SSSR count). The molecule has 1 aromatic heterocycles. The van der Waals surface area contributed by atoms with Crippen molar-refractivity contribution in [3.63, 3.8) is 0 Å². The Morgan fingerprint density at radius 2 is 1.79 bits per heavy atom. The monoisotopic (exact) mass is 394 g/mol. The van der Waals surface area contributed by atoms with Crippen LogP contribution in [0.5, 0.6) is 0 Å². The molecule has 2 heterocycles. The molecule has 5 nitrogen and oxygen atoms in total. The molecule has 0 unspecified atom stereocenters. The van der Waals surface area contributed by atoms with Crippen LogP contribution >= 0.6 is 11.8 Å². The van der Waals surface area contributed by atoms with Crippen LogP contribution in [0.25, 0.3) is 5.69 Å². The van der Waals surface area contributed by atoms with Crippen LogP contribution in [0.3, 0.4) is 0 Å². The van der Waals surface area contributed by atoms with E-state index in [-0.39, 0.29) is 0 Å². The summed E-state index contributed by atoms with van der Waals surface area (Å²) in [5, 5.41) is 10.00. The van der Waals surface area contributed by atoms with E-state index in [1.54, 1.807) is 11.8 Å². The lowest BCUT2D eigenvalue weighted by atomic mass is 10.1. The van der Waals surface area contributed by atoms with Gasteiger partial charge in [0, 0.05) is 37.5 Å². The minimum absolute atomic E-state index is 0.323. The van der Waals surface area contributed by atoms with E-state index < -0.39 is 0 Å². The second kappa shape index (κ2) is 9.37. The molecule has 3 aromatic rings. The number of para-hydroxylation sites is 1. The maximum absolute atomic E-state index is 5.63. The molecule has 0 N–H and O–H groups in total. The first kappa shape index (κ1) is 19.2. The molecule has 0 saturated carbocycles. The van der Waals surface area contributed by atoms with E-state index in [0.29, 0.717) is 6.10 Å². The SMILES string of the molecule is C[C@@H]1CN(CCSc2nnc(Cc3ccccc3)n2-c2ccccc2)CCO1. The molecule has 6 heteroatoms. The highest BCUT2D eigenvalue weighted by molar-refractivity contribution is 7.99. The number of benzene rings is 2. The molecule has 1 aliphatic rings. The molecule has 2 aromatic carbocycles. The summed E-state index contributed by atoms with van der Waals surface area (Å²) < 4.78 is 7.83. The average molecular weight is 395 g/mol. The van der Waals surface area contributed by atoms with Crippen molar-refractivity contribution in [3.05, 3.63) is 72.1 Å². The summed E-state index contributed by atoms with van der Waals surface area (Å²) in [5.74, 6) is 1.96. The Kier molecular flexibility index (Phi) is 6.41. The van der Waals surface area contributed by atoms with E-state index in [2.05, 4.69) is 75.1 Å². The minimum atomic E-state index is 0.323. The van der Waals surface area contributed by atoms with Gasteiger partial charge in [-0.15, -0.1) is 10.2 Å². The summed E-state index contributed by atoms with van der Waals surface area (Å²) in [6.07, 6.45) is 1.09. The van der Waals surface area contributed by atoms with Gasteiger partial charge in [-0.25, -0.2) is 0 Å². The highest BCUT2D eigenvalue weighted by Gasteiger charge is 2.18. The average Bonchev–Trinajstić information content (AvgIpc) is 3.12. The number of morpholine rings is 1. The molecular weight excluding hydrogens is 368 g/mol. The lowest BCUT2D eigenvalue weighted by Crippen LogP contribution is -2.42. The molecule has 0 aliphatic carbocycles. The Balaban J connectivity index is 1.50. The molecule has 146 valence electrons. The second-order valence-electron chi connectivity index (χ2n) is 7.06. The summed E-state index contributed by atoms with van der Waals surface area (Å²) in [6, 6.07) is 20.8. The van der Waals surface area contributed by atoms with Crippen LogP contribution in [0, 0.1) is 0 Å². The van der Waals surface area contributed by atoms with E-state index in [0.717, 1.165) is 55.1 Å². The number of hydrogen-bond acceptors (Lipinski definition) is 5. The smallest absolute Gasteiger partial charge is 0.195 e. The van der Waals surface area contributed by atoms with Gasteiger partial charge in [-0.05, 0) is 24.6 Å². The van der Waals surface area contributed by atoms with Gasteiger partial charge in [0.05, 0.1) is 12.7 Å². The van der Waals surface area contributed by atoms with Gasteiger partial charge < -0.3 is 4.74 Å². The number of aromatic nitrogens is 3. The maximum Gasteiger partial charge on any atom is 0.195 e. The summed E-state index contributed by atoms with van der Waals surface area (Å²) in [4.78, 5) is 2.47. The fraction of sp³-hybridized carbons (Fsp3) is 0.364. The zero-order chi connectivity index (χ0) is 19.2. The highest BCUT2D eigenvalue weighted by atomic mass is 32.2. The van der Waals surface area contributed by atoms with E-state index >= 15 is 0 Å². The van der Waals surface area contributed by atoms with E-state index in [1.165, 1.54) is 5.56 Å². The van der Waals surface area contributed by atoms with Crippen LogP contribution in [0.15, 0.2) is 65.8 Å². The Bertz CT molecular complexity index is 869. The lowest BCUT2D eigenvalue weighted by Gasteiger charge is -2.30. The molecule has 1 fully saturated rings. The van der Waals surface area contributed by atoms with Crippen molar-refractivity contribution in [2.45, 2.75) is 24.6 Å². The molecule has 0 spiro atoms. The fourth-order valence-corrected chi connectivity index (χ4v) is 4.45. The predicted octanol–water partition coefficient (Wildman–Crippen LogP) is 3.67. The lowest BCUT2D eigenvalue weighted by molar-refractivity contribution is -0.0158. The van der Waals surface area contributed by atoms with Crippen LogP contribution in [-0.2, 0) is 11.2 Å². The van der Waals surface area contributed by atoms with Gasteiger partial charge in [0.25, 0.3) is 0 Å². The number of hydrogen-bond donors (Lipinski definition) is 0. The van der Waals surface area contributed by atoms with Gasteiger partial charge in [-0.1, -0.05) is 60.3 Å². The highest BCUT2D eigenvalue weighted by Crippen LogP contribution is 2.23. The second-order valence-corrected chi connectivity index (χ2v) is 8.12. The Hall–Kier alpha value is -2.15. The molecule has 1 saturated heterocycles. The van der Waals surface area contributed by atoms with Gasteiger partial charge in [-0.3, -0.25) is 9.47 Å². The van der Waals surface area contributed by atoms with Crippen molar-refractivity contribution in [2.75, 3.05) is 32.0 Å². The van der Waals surface area contributed by atoms with Crippen molar-refractivity contribution >= 4 is 11.8 Å². The summed E-state index contributed by atoms with van der Waals surface area (Å²) in [6.45, 7) is 6.02. The van der Waals surface area contributed by atoms with Crippen molar-refractivity contribution < 1.29 is 4.74 Å². The number of ether oxygens (including phenoxy) is 1. The molecule has 0 amide bonds. The predicted molar refractivity (Wildman–Crippen MR) is 113 cm³/mol. The number of thioether (sulfide) groups is 1. The molecule has 1 aliphatic heterocycles. The van der Waals surface area contributed by atoms with E-state index in [9.17, 15) is 0 Å². The van der Waals surface area contributed by atoms with Crippen LogP contribution in [0.2, 0.25) is 0 Å². The first-order valence-corrected chi connectivity index (χ1v) is 10.8. The normalized spacial score (nSPS) is 17.7. The van der Waals surface area contributed by atoms with Gasteiger partial charge >= 0.3 is 0 Å². The quantitative estimate of drug-likeness (QED) is 0.572. The van der Waals surface area contributed by atoms with Crippen molar-refractivity contribution in [1.29, 1.82) is 0 Å². The number of rotatable bonds is 7. The third kappa shape index (κ3) is 4.82. The van der Waals surface area contributed by atoms with Crippen molar-refractivity contribution in [1.82, 2.24) is 19.7 Å². The first-order valence-electron chi connectivity index (χ1n) is 9.80. The topological polar surface area (TPSA) is 43.2 Å². The third-order valence-electron chi connectivity index (χ3n) is 4.88. The Morgan fingerprint density at radius 3 is 2.54 bits per heavy atom. The van der Waals surface area contributed by atoms with Crippen LogP contribution in [0.1, 0.15) is 18.3 Å². The summed E-state index contributed by atoms with van der Waals surface area (Å²) >= 11 is 1.78. The Morgan fingerprint density at radius 1 is 1.04 bits per heavy atom. The molecule has 1 atom stereocenters. The van der Waals surface area contributed by atoms with E-state index in [4.69, 9.17) is 4.74 Å². The van der Waals surface area contributed by atoms with Gasteiger partial charge in [0.1, 0.15) is 5.82 Å². The van der Waals surface area contributed by atoms with Crippen molar-refractivity contribution in [3.8, 4) is 5.69 Å². The van der Waals surface area contributed by atoms with Gasteiger partial charge in [-0.2, -0.15) is 0 Å². The van der Waals surface area contributed by atoms with Crippen LogP contribution in [-0.4, -0.2) is 57.8 Å². The molecule has 28 heavy (non-hydrogen) atoms. The fourth-order valence-electron chi connectivity index (χ4n) is 3.48.